The highest BCUT2D eigenvalue weighted by Crippen LogP contribution is 2.24. The molecule has 0 aliphatic carbocycles. The molecule has 0 aliphatic heterocycles. The van der Waals surface area contributed by atoms with Crippen LogP contribution in [0.2, 0.25) is 0 Å². The zero-order chi connectivity index (χ0) is 9.59. The van der Waals surface area contributed by atoms with Crippen LogP contribution in [0.5, 0.6) is 0 Å². The standard InChI is InChI=1S/C10H13FN2.H2/c1-6(2)7-4-10-9(5-8(7)11)12-13(10)3;/h4-6,12H,1-3H3;1H. The van der Waals surface area contributed by atoms with Crippen molar-refractivity contribution in [1.82, 2.24) is 9.78 Å². The van der Waals surface area contributed by atoms with Crippen molar-refractivity contribution in [2.24, 2.45) is 7.05 Å². The molecular weight excluding hydrogens is 167 g/mol. The second kappa shape index (κ2) is 2.62. The molecule has 13 heavy (non-hydrogen) atoms. The SMILES string of the molecule is CC(C)c1cc2c(cc1F)[nH]n2C.[HH]. The van der Waals surface area contributed by atoms with E-state index in [0.717, 1.165) is 16.6 Å². The fourth-order valence-corrected chi connectivity index (χ4v) is 1.58. The normalized spacial score (nSPS) is 11.8. The van der Waals surface area contributed by atoms with Crippen LogP contribution in [-0.4, -0.2) is 9.78 Å². The van der Waals surface area contributed by atoms with Crippen LogP contribution in [0.4, 0.5) is 4.39 Å². The Morgan fingerprint density at radius 3 is 2.69 bits per heavy atom. The third-order valence-corrected chi connectivity index (χ3v) is 2.39. The molecule has 72 valence electrons. The fourth-order valence-electron chi connectivity index (χ4n) is 1.58. The van der Waals surface area contributed by atoms with E-state index in [9.17, 15) is 4.39 Å². The minimum absolute atomic E-state index is 0. The lowest BCUT2D eigenvalue weighted by Crippen LogP contribution is -2.07. The van der Waals surface area contributed by atoms with Gasteiger partial charge in [0.1, 0.15) is 5.82 Å². The van der Waals surface area contributed by atoms with Crippen LogP contribution in [0.25, 0.3) is 11.0 Å². The molecule has 1 N–H and O–H groups in total. The quantitative estimate of drug-likeness (QED) is 0.700. The summed E-state index contributed by atoms with van der Waals surface area (Å²) in [5.41, 5.74) is 2.74. The van der Waals surface area contributed by atoms with Gasteiger partial charge in [0.05, 0.1) is 11.0 Å². The summed E-state index contributed by atoms with van der Waals surface area (Å²) in [5.74, 6) is 0.119. The molecule has 0 amide bonds. The van der Waals surface area contributed by atoms with Crippen LogP contribution in [0.15, 0.2) is 12.1 Å². The summed E-state index contributed by atoms with van der Waals surface area (Å²) in [6.45, 7) is 3.99. The van der Waals surface area contributed by atoms with E-state index >= 15 is 0 Å². The van der Waals surface area contributed by atoms with Crippen molar-refractivity contribution < 1.29 is 5.82 Å². The predicted octanol–water partition coefficient (Wildman–Crippen LogP) is 3.01. The maximum Gasteiger partial charge on any atom is 0.128 e. The Bertz CT molecular complexity index is 442. The first-order chi connectivity index (χ1) is 6.09. The van der Waals surface area contributed by atoms with E-state index in [-0.39, 0.29) is 13.2 Å². The Kier molecular flexibility index (Phi) is 1.68. The summed E-state index contributed by atoms with van der Waals surface area (Å²) >= 11 is 0. The molecule has 0 atom stereocenters. The maximum atomic E-state index is 13.4. The third kappa shape index (κ3) is 1.15. The number of hydrogen-bond acceptors (Lipinski definition) is 0. The summed E-state index contributed by atoms with van der Waals surface area (Å²) in [5, 5.41) is 2.99. The molecule has 3 heteroatoms. The van der Waals surface area contributed by atoms with Crippen molar-refractivity contribution in [2.75, 3.05) is 0 Å². The molecule has 0 bridgehead atoms. The number of benzene rings is 1. The Morgan fingerprint density at radius 2 is 2.15 bits per heavy atom. The fraction of sp³-hybridized carbons (Fsp3) is 0.400. The Hall–Kier alpha value is -1.25. The summed E-state index contributed by atoms with van der Waals surface area (Å²) in [4.78, 5) is 0. The van der Waals surface area contributed by atoms with Gasteiger partial charge in [-0.3, -0.25) is 9.78 Å². The summed E-state index contributed by atoms with van der Waals surface area (Å²) in [7, 11) is 1.92. The summed E-state index contributed by atoms with van der Waals surface area (Å²) in [6.07, 6.45) is 0. The Labute approximate surface area is 77.8 Å². The zero-order valence-electron chi connectivity index (χ0n) is 8.06. The number of aromatic amines is 1. The molecule has 2 nitrogen and oxygen atoms in total. The number of nitrogens with zero attached hydrogens (tertiary/aromatic N) is 1. The molecule has 2 rings (SSSR count). The molecule has 0 spiro atoms. The van der Waals surface area contributed by atoms with Crippen molar-refractivity contribution in [2.45, 2.75) is 19.8 Å². The lowest BCUT2D eigenvalue weighted by molar-refractivity contribution is 0.596. The zero-order valence-corrected chi connectivity index (χ0v) is 8.06. The second-order valence-corrected chi connectivity index (χ2v) is 3.72. The van der Waals surface area contributed by atoms with E-state index in [1.54, 1.807) is 6.07 Å². The van der Waals surface area contributed by atoms with Crippen molar-refractivity contribution >= 4 is 11.0 Å². The Balaban J connectivity index is 0.000000980. The monoisotopic (exact) mass is 182 g/mol. The molecule has 0 unspecified atom stereocenters. The van der Waals surface area contributed by atoms with E-state index in [1.165, 1.54) is 0 Å². The minimum Gasteiger partial charge on any atom is -0.296 e. The van der Waals surface area contributed by atoms with Gasteiger partial charge < -0.3 is 0 Å². The van der Waals surface area contributed by atoms with Gasteiger partial charge in [0.2, 0.25) is 0 Å². The molecular formula is C10H15FN2. The molecule has 1 heterocycles. The number of hydrogen-bond donors (Lipinski definition) is 1. The van der Waals surface area contributed by atoms with Crippen LogP contribution in [0, 0.1) is 5.82 Å². The third-order valence-electron chi connectivity index (χ3n) is 2.39. The van der Waals surface area contributed by atoms with Gasteiger partial charge in [0.25, 0.3) is 0 Å². The van der Waals surface area contributed by atoms with Crippen molar-refractivity contribution in [1.29, 1.82) is 0 Å². The second-order valence-electron chi connectivity index (χ2n) is 3.72. The van der Waals surface area contributed by atoms with E-state index in [2.05, 4.69) is 5.10 Å². The van der Waals surface area contributed by atoms with Gasteiger partial charge in [-0.15, -0.1) is 0 Å². The van der Waals surface area contributed by atoms with Gasteiger partial charge >= 0.3 is 0 Å². The molecule has 1 aromatic carbocycles. The maximum absolute atomic E-state index is 13.4. The summed E-state index contributed by atoms with van der Waals surface area (Å²) < 4.78 is 15.3. The average molecular weight is 182 g/mol. The van der Waals surface area contributed by atoms with Crippen LogP contribution in [0.1, 0.15) is 26.8 Å². The van der Waals surface area contributed by atoms with Crippen molar-refractivity contribution in [3.05, 3.63) is 23.5 Å². The number of rotatable bonds is 1. The van der Waals surface area contributed by atoms with Crippen LogP contribution in [0.3, 0.4) is 0 Å². The minimum atomic E-state index is -0.116. The largest absolute Gasteiger partial charge is 0.296 e. The van der Waals surface area contributed by atoms with Gasteiger partial charge in [-0.1, -0.05) is 13.8 Å². The smallest absolute Gasteiger partial charge is 0.128 e. The number of aromatic nitrogens is 2. The van der Waals surface area contributed by atoms with Gasteiger partial charge in [-0.2, -0.15) is 0 Å². The molecule has 0 fully saturated rings. The van der Waals surface area contributed by atoms with Crippen molar-refractivity contribution in [3.63, 3.8) is 0 Å². The highest BCUT2D eigenvalue weighted by atomic mass is 19.1. The first-order valence-electron chi connectivity index (χ1n) is 4.43. The highest BCUT2D eigenvalue weighted by molar-refractivity contribution is 5.78. The van der Waals surface area contributed by atoms with Crippen molar-refractivity contribution in [3.8, 4) is 0 Å². The average Bonchev–Trinajstić information content (AvgIpc) is 2.02. The van der Waals surface area contributed by atoms with Gasteiger partial charge in [-0.05, 0) is 17.5 Å². The number of H-pyrrole nitrogens is 1. The van der Waals surface area contributed by atoms with Gasteiger partial charge in [0.15, 0.2) is 0 Å². The Morgan fingerprint density at radius 1 is 1.46 bits per heavy atom. The number of fused-ring (bicyclic) bond motifs is 1. The van der Waals surface area contributed by atoms with Gasteiger partial charge in [-0.25, -0.2) is 4.39 Å². The predicted molar refractivity (Wildman–Crippen MR) is 53.4 cm³/mol. The van der Waals surface area contributed by atoms with E-state index in [1.807, 2.05) is 31.6 Å². The molecule has 0 radical (unpaired) electrons. The van der Waals surface area contributed by atoms with Crippen LogP contribution < -0.4 is 0 Å². The first kappa shape index (κ1) is 8.35. The number of halogens is 1. The first-order valence-corrected chi connectivity index (χ1v) is 4.43. The van der Waals surface area contributed by atoms with Crippen LogP contribution >= 0.6 is 0 Å². The van der Waals surface area contributed by atoms with Gasteiger partial charge in [0, 0.05) is 14.5 Å². The number of aryl methyl sites for hydroxylation is 1. The highest BCUT2D eigenvalue weighted by Gasteiger charge is 2.11. The van der Waals surface area contributed by atoms with E-state index in [4.69, 9.17) is 0 Å². The topological polar surface area (TPSA) is 20.7 Å². The lowest BCUT2D eigenvalue weighted by atomic mass is 10.0. The van der Waals surface area contributed by atoms with E-state index in [0.29, 0.717) is 0 Å². The molecule has 0 aliphatic rings. The molecule has 0 saturated heterocycles. The number of nitrogens with one attached hydrogen (secondary N) is 1. The van der Waals surface area contributed by atoms with Crippen LogP contribution in [-0.2, 0) is 7.05 Å². The molecule has 2 aromatic rings. The molecule has 1 aromatic heterocycles. The lowest BCUT2D eigenvalue weighted by Gasteiger charge is -2.15. The van der Waals surface area contributed by atoms with E-state index < -0.39 is 0 Å². The summed E-state index contributed by atoms with van der Waals surface area (Å²) in [6, 6.07) is 3.47. The molecule has 0 saturated carbocycles.